The maximum atomic E-state index is 13.0. The summed E-state index contributed by atoms with van der Waals surface area (Å²) in [6, 6.07) is 18.7. The van der Waals surface area contributed by atoms with Gasteiger partial charge in [-0.05, 0) is 30.0 Å². The first-order chi connectivity index (χ1) is 14.1. The minimum atomic E-state index is -0.897. The van der Waals surface area contributed by atoms with Crippen LogP contribution in [0, 0.1) is 0 Å². The number of carbonyl (C=O) groups excluding carboxylic acids is 3. The highest BCUT2D eigenvalue weighted by molar-refractivity contribution is 6.07. The van der Waals surface area contributed by atoms with Crippen molar-refractivity contribution in [2.45, 2.75) is 24.9 Å². The van der Waals surface area contributed by atoms with E-state index in [2.05, 4.69) is 5.32 Å². The van der Waals surface area contributed by atoms with Gasteiger partial charge in [0.1, 0.15) is 5.54 Å². The zero-order valence-electron chi connectivity index (χ0n) is 16.1. The van der Waals surface area contributed by atoms with Crippen molar-refractivity contribution in [1.29, 1.82) is 0 Å². The highest BCUT2D eigenvalue weighted by atomic mass is 16.2. The first-order valence-electron chi connectivity index (χ1n) is 9.77. The Morgan fingerprint density at radius 2 is 1.59 bits per heavy atom. The number of carbonyl (C=O) groups is 3. The molecule has 0 bridgehead atoms. The lowest BCUT2D eigenvalue weighted by Gasteiger charge is -2.36. The van der Waals surface area contributed by atoms with Gasteiger partial charge in [-0.2, -0.15) is 0 Å². The minimum Gasteiger partial charge on any atom is -0.339 e. The van der Waals surface area contributed by atoms with E-state index in [1.165, 1.54) is 4.90 Å². The van der Waals surface area contributed by atoms with E-state index in [1.807, 2.05) is 60.7 Å². The number of amides is 4. The molecule has 148 valence electrons. The number of hydrogen-bond acceptors (Lipinski definition) is 3. The number of piperidine rings is 1. The van der Waals surface area contributed by atoms with Gasteiger partial charge in [0.2, 0.25) is 5.91 Å². The molecule has 2 aliphatic rings. The maximum absolute atomic E-state index is 13.0. The number of imide groups is 1. The summed E-state index contributed by atoms with van der Waals surface area (Å²) in [5.74, 6) is -0.278. The molecule has 0 saturated carbocycles. The summed E-state index contributed by atoms with van der Waals surface area (Å²) in [6.07, 6.45) is 4.20. The largest absolute Gasteiger partial charge is 0.339 e. The molecule has 1 spiro atoms. The molecule has 0 atom stereocenters. The number of urea groups is 1. The SMILES string of the molecule is O=C(/C=C/c1ccccc1)N1CCC2(CC1)NC(=O)N(Cc1ccccc1)C2=O. The lowest BCUT2D eigenvalue weighted by Crippen LogP contribution is -2.55. The van der Waals surface area contributed by atoms with Gasteiger partial charge in [-0.3, -0.25) is 14.5 Å². The van der Waals surface area contributed by atoms with Gasteiger partial charge in [0, 0.05) is 19.2 Å². The van der Waals surface area contributed by atoms with Crippen molar-refractivity contribution in [3.8, 4) is 0 Å². The average Bonchev–Trinajstić information content (AvgIpc) is 2.98. The molecular formula is C23H23N3O3. The summed E-state index contributed by atoms with van der Waals surface area (Å²) in [6.45, 7) is 1.13. The van der Waals surface area contributed by atoms with Crippen molar-refractivity contribution in [3.63, 3.8) is 0 Å². The molecule has 29 heavy (non-hydrogen) atoms. The molecule has 2 heterocycles. The summed E-state index contributed by atoms with van der Waals surface area (Å²) in [7, 11) is 0. The van der Waals surface area contributed by atoms with Crippen LogP contribution in [0.4, 0.5) is 4.79 Å². The van der Waals surface area contributed by atoms with Crippen molar-refractivity contribution in [1.82, 2.24) is 15.1 Å². The van der Waals surface area contributed by atoms with Crippen molar-refractivity contribution < 1.29 is 14.4 Å². The topological polar surface area (TPSA) is 69.7 Å². The number of rotatable bonds is 4. The smallest absolute Gasteiger partial charge is 0.325 e. The van der Waals surface area contributed by atoms with Crippen LogP contribution in [-0.2, 0) is 16.1 Å². The van der Waals surface area contributed by atoms with Crippen LogP contribution in [0.5, 0.6) is 0 Å². The van der Waals surface area contributed by atoms with Crippen LogP contribution in [0.1, 0.15) is 24.0 Å². The minimum absolute atomic E-state index is 0.0818. The Hall–Kier alpha value is -3.41. The lowest BCUT2D eigenvalue weighted by molar-refractivity contribution is -0.136. The Morgan fingerprint density at radius 3 is 2.24 bits per heavy atom. The first-order valence-corrected chi connectivity index (χ1v) is 9.77. The van der Waals surface area contributed by atoms with Crippen molar-refractivity contribution in [2.24, 2.45) is 0 Å². The zero-order chi connectivity index (χ0) is 20.3. The number of nitrogens with zero attached hydrogens (tertiary/aromatic N) is 2. The van der Waals surface area contributed by atoms with E-state index in [9.17, 15) is 14.4 Å². The fourth-order valence-electron chi connectivity index (χ4n) is 3.87. The normalized spacial score (nSPS) is 18.5. The fraction of sp³-hybridized carbons (Fsp3) is 0.261. The average molecular weight is 389 g/mol. The summed E-state index contributed by atoms with van der Waals surface area (Å²) in [5, 5.41) is 2.89. The number of likely N-dealkylation sites (tertiary alicyclic amines) is 1. The van der Waals surface area contributed by atoms with Crippen LogP contribution in [0.15, 0.2) is 66.7 Å². The molecule has 0 radical (unpaired) electrons. The molecule has 4 rings (SSSR count). The van der Waals surface area contributed by atoms with Crippen molar-refractivity contribution >= 4 is 23.9 Å². The number of hydrogen-bond donors (Lipinski definition) is 1. The van der Waals surface area contributed by atoms with Gasteiger partial charge in [0.05, 0.1) is 6.54 Å². The Balaban J connectivity index is 1.38. The van der Waals surface area contributed by atoms with E-state index in [1.54, 1.807) is 17.1 Å². The highest BCUT2D eigenvalue weighted by Crippen LogP contribution is 2.30. The predicted molar refractivity (Wildman–Crippen MR) is 110 cm³/mol. The summed E-state index contributed by atoms with van der Waals surface area (Å²) < 4.78 is 0. The molecule has 1 N–H and O–H groups in total. The fourth-order valence-corrected chi connectivity index (χ4v) is 3.87. The van der Waals surface area contributed by atoms with Crippen LogP contribution in [0.25, 0.3) is 6.08 Å². The maximum Gasteiger partial charge on any atom is 0.325 e. The Kier molecular flexibility index (Phi) is 5.16. The Bertz CT molecular complexity index is 932. The van der Waals surface area contributed by atoms with Crippen LogP contribution in [0.3, 0.4) is 0 Å². The van der Waals surface area contributed by atoms with E-state index in [-0.39, 0.29) is 24.4 Å². The second-order valence-corrected chi connectivity index (χ2v) is 7.46. The molecule has 0 aliphatic carbocycles. The molecule has 6 heteroatoms. The standard InChI is InChI=1S/C23H23N3O3/c27-20(12-11-18-7-3-1-4-8-18)25-15-13-23(14-16-25)21(28)26(22(29)24-23)17-19-9-5-2-6-10-19/h1-12H,13-17H2,(H,24,29)/b12-11+. The Morgan fingerprint density at radius 1 is 0.966 bits per heavy atom. The van der Waals surface area contributed by atoms with Gasteiger partial charge in [0.25, 0.3) is 5.91 Å². The predicted octanol–water partition coefficient (Wildman–Crippen LogP) is 2.81. The van der Waals surface area contributed by atoms with Crippen LogP contribution < -0.4 is 5.32 Å². The van der Waals surface area contributed by atoms with Gasteiger partial charge >= 0.3 is 6.03 Å². The van der Waals surface area contributed by atoms with Gasteiger partial charge in [-0.1, -0.05) is 60.7 Å². The van der Waals surface area contributed by atoms with Gasteiger partial charge in [-0.25, -0.2) is 4.79 Å². The molecule has 0 aromatic heterocycles. The zero-order valence-corrected chi connectivity index (χ0v) is 16.1. The number of benzene rings is 2. The van der Waals surface area contributed by atoms with E-state index in [0.717, 1.165) is 11.1 Å². The summed E-state index contributed by atoms with van der Waals surface area (Å²) in [4.78, 5) is 40.9. The van der Waals surface area contributed by atoms with Crippen LogP contribution >= 0.6 is 0 Å². The lowest BCUT2D eigenvalue weighted by atomic mass is 9.87. The Labute approximate surface area is 169 Å². The van der Waals surface area contributed by atoms with Crippen LogP contribution in [-0.4, -0.2) is 46.3 Å². The van der Waals surface area contributed by atoms with Gasteiger partial charge < -0.3 is 10.2 Å². The summed E-state index contributed by atoms with van der Waals surface area (Å²) >= 11 is 0. The van der Waals surface area contributed by atoms with E-state index in [0.29, 0.717) is 25.9 Å². The summed E-state index contributed by atoms with van der Waals surface area (Å²) in [5.41, 5.74) is 0.974. The molecule has 2 fully saturated rings. The molecule has 2 saturated heterocycles. The van der Waals surface area contributed by atoms with Crippen molar-refractivity contribution in [3.05, 3.63) is 77.9 Å². The third kappa shape index (κ3) is 3.92. The quantitative estimate of drug-likeness (QED) is 0.646. The van der Waals surface area contributed by atoms with Gasteiger partial charge in [-0.15, -0.1) is 0 Å². The van der Waals surface area contributed by atoms with Crippen molar-refractivity contribution in [2.75, 3.05) is 13.1 Å². The molecule has 6 nitrogen and oxygen atoms in total. The molecule has 4 amide bonds. The highest BCUT2D eigenvalue weighted by Gasteiger charge is 2.52. The van der Waals surface area contributed by atoms with Crippen LogP contribution in [0.2, 0.25) is 0 Å². The number of nitrogens with one attached hydrogen (secondary N) is 1. The molecule has 2 aromatic carbocycles. The molecule has 2 aliphatic heterocycles. The second kappa shape index (κ2) is 7.91. The molecule has 0 unspecified atom stereocenters. The second-order valence-electron chi connectivity index (χ2n) is 7.46. The monoisotopic (exact) mass is 389 g/mol. The third-order valence-electron chi connectivity index (χ3n) is 5.58. The van der Waals surface area contributed by atoms with E-state index in [4.69, 9.17) is 0 Å². The van der Waals surface area contributed by atoms with E-state index >= 15 is 0 Å². The first kappa shape index (κ1) is 18.9. The molecular weight excluding hydrogens is 366 g/mol. The molecule has 2 aromatic rings. The third-order valence-corrected chi connectivity index (χ3v) is 5.58. The van der Waals surface area contributed by atoms with E-state index < -0.39 is 5.54 Å². The van der Waals surface area contributed by atoms with Gasteiger partial charge in [0.15, 0.2) is 0 Å².